The van der Waals surface area contributed by atoms with Gasteiger partial charge in [-0.2, -0.15) is 0 Å². The zero-order valence-corrected chi connectivity index (χ0v) is 16.1. The Balaban J connectivity index is 1.68. The number of carbonyl (C=O) groups excluding carboxylic acids is 2. The zero-order valence-electron chi connectivity index (χ0n) is 14.5. The molecule has 0 unspecified atom stereocenters. The predicted molar refractivity (Wildman–Crippen MR) is 98.0 cm³/mol. The van der Waals surface area contributed by atoms with Crippen molar-refractivity contribution in [3.8, 4) is 0 Å². The van der Waals surface area contributed by atoms with Crippen LogP contribution in [0.1, 0.15) is 21.7 Å². The van der Waals surface area contributed by atoms with E-state index in [9.17, 15) is 22.4 Å². The second kappa shape index (κ2) is 7.91. The molecule has 27 heavy (non-hydrogen) atoms. The number of hydrogen-bond acceptors (Lipinski definition) is 7. The first-order valence-corrected chi connectivity index (χ1v) is 10.8. The molecule has 1 aliphatic heterocycles. The van der Waals surface area contributed by atoms with E-state index in [1.54, 1.807) is 12.1 Å². The first-order chi connectivity index (χ1) is 12.8. The van der Waals surface area contributed by atoms with Gasteiger partial charge in [-0.1, -0.05) is 6.07 Å². The van der Waals surface area contributed by atoms with Crippen LogP contribution in [0.15, 0.2) is 18.2 Å². The van der Waals surface area contributed by atoms with Crippen LogP contribution in [0.4, 0.5) is 4.39 Å². The van der Waals surface area contributed by atoms with Crippen LogP contribution in [0.5, 0.6) is 0 Å². The van der Waals surface area contributed by atoms with Crippen LogP contribution in [-0.2, 0) is 30.7 Å². The quantitative estimate of drug-likeness (QED) is 0.721. The minimum Gasteiger partial charge on any atom is -0.451 e. The SMILES string of the molecule is COCc1c(C(=O)OCC(=O)N[C@H]2CCS(=O)(=O)C2)sc2cccc(F)c12. The van der Waals surface area contributed by atoms with Crippen LogP contribution in [0, 0.1) is 5.82 Å². The van der Waals surface area contributed by atoms with Gasteiger partial charge >= 0.3 is 5.97 Å². The van der Waals surface area contributed by atoms with Crippen molar-refractivity contribution in [1.29, 1.82) is 0 Å². The molecule has 1 atom stereocenters. The van der Waals surface area contributed by atoms with Gasteiger partial charge in [-0.05, 0) is 18.6 Å². The number of amides is 1. The van der Waals surface area contributed by atoms with Crippen molar-refractivity contribution in [3.63, 3.8) is 0 Å². The Morgan fingerprint density at radius 2 is 2.15 bits per heavy atom. The van der Waals surface area contributed by atoms with E-state index >= 15 is 0 Å². The summed E-state index contributed by atoms with van der Waals surface area (Å²) in [5.74, 6) is -1.87. The fraction of sp³-hybridized carbons (Fsp3) is 0.412. The normalized spacial score (nSPS) is 18.5. The minimum atomic E-state index is -3.12. The number of benzene rings is 1. The van der Waals surface area contributed by atoms with Crippen LogP contribution >= 0.6 is 11.3 Å². The van der Waals surface area contributed by atoms with E-state index in [-0.39, 0.29) is 23.0 Å². The Labute approximate surface area is 159 Å². The number of rotatable bonds is 6. The molecule has 146 valence electrons. The van der Waals surface area contributed by atoms with E-state index in [1.807, 2.05) is 0 Å². The molecule has 1 fully saturated rings. The molecular weight excluding hydrogens is 397 g/mol. The first-order valence-electron chi connectivity index (χ1n) is 8.16. The summed E-state index contributed by atoms with van der Waals surface area (Å²) >= 11 is 1.06. The number of esters is 1. The number of halogens is 1. The number of thiophene rings is 1. The highest BCUT2D eigenvalue weighted by atomic mass is 32.2. The highest BCUT2D eigenvalue weighted by molar-refractivity contribution is 7.91. The molecule has 2 aromatic rings. The lowest BCUT2D eigenvalue weighted by Gasteiger charge is -2.11. The molecule has 1 aromatic carbocycles. The smallest absolute Gasteiger partial charge is 0.349 e. The predicted octanol–water partition coefficient (Wildman–Crippen LogP) is 1.65. The van der Waals surface area contributed by atoms with Crippen molar-refractivity contribution in [2.24, 2.45) is 0 Å². The number of carbonyl (C=O) groups is 2. The number of fused-ring (bicyclic) bond motifs is 1. The summed E-state index contributed by atoms with van der Waals surface area (Å²) in [6.07, 6.45) is 0.343. The number of hydrogen-bond donors (Lipinski definition) is 1. The second-order valence-electron chi connectivity index (χ2n) is 6.20. The fourth-order valence-corrected chi connectivity index (χ4v) is 5.78. The van der Waals surface area contributed by atoms with Gasteiger partial charge in [-0.15, -0.1) is 11.3 Å². The van der Waals surface area contributed by atoms with Crippen molar-refractivity contribution in [2.75, 3.05) is 25.2 Å². The largest absolute Gasteiger partial charge is 0.451 e. The van der Waals surface area contributed by atoms with E-state index in [0.717, 1.165) is 11.3 Å². The second-order valence-corrected chi connectivity index (χ2v) is 9.48. The van der Waals surface area contributed by atoms with Crippen LogP contribution in [0.2, 0.25) is 0 Å². The van der Waals surface area contributed by atoms with Gasteiger partial charge in [0.1, 0.15) is 10.7 Å². The lowest BCUT2D eigenvalue weighted by atomic mass is 10.1. The van der Waals surface area contributed by atoms with Crippen LogP contribution in [0.25, 0.3) is 10.1 Å². The Hall–Kier alpha value is -2.04. The summed E-state index contributed by atoms with van der Waals surface area (Å²) < 4.78 is 47.6. The Bertz CT molecular complexity index is 985. The molecule has 1 aliphatic rings. The van der Waals surface area contributed by atoms with E-state index in [1.165, 1.54) is 13.2 Å². The molecule has 0 radical (unpaired) electrons. The molecule has 0 aliphatic carbocycles. The lowest BCUT2D eigenvalue weighted by Crippen LogP contribution is -2.38. The van der Waals surface area contributed by atoms with Crippen molar-refractivity contribution in [1.82, 2.24) is 5.32 Å². The third-order valence-corrected chi connectivity index (χ3v) is 7.11. The van der Waals surface area contributed by atoms with E-state index in [4.69, 9.17) is 9.47 Å². The standard InChI is InChI=1S/C17H18FNO6S2/c1-24-7-11-15-12(18)3-2-4-13(15)26-16(11)17(21)25-8-14(20)19-10-5-6-27(22,23)9-10/h2-4,10H,5-9H2,1H3,(H,19,20)/t10-/m0/s1. The summed E-state index contributed by atoms with van der Waals surface area (Å²) in [6.45, 7) is -0.518. The first kappa shape index (κ1) is 19.7. The highest BCUT2D eigenvalue weighted by Crippen LogP contribution is 2.34. The molecule has 1 saturated heterocycles. The van der Waals surface area contributed by atoms with Gasteiger partial charge < -0.3 is 14.8 Å². The van der Waals surface area contributed by atoms with Crippen molar-refractivity contribution in [2.45, 2.75) is 19.1 Å². The van der Waals surface area contributed by atoms with Gasteiger partial charge in [-0.3, -0.25) is 4.79 Å². The molecule has 1 aromatic heterocycles. The third-order valence-electron chi connectivity index (χ3n) is 4.17. The van der Waals surface area contributed by atoms with Gasteiger partial charge in [0.25, 0.3) is 5.91 Å². The summed E-state index contributed by atoms with van der Waals surface area (Å²) in [7, 11) is -1.68. The maximum Gasteiger partial charge on any atom is 0.349 e. The summed E-state index contributed by atoms with van der Waals surface area (Å²) in [4.78, 5) is 24.5. The summed E-state index contributed by atoms with van der Waals surface area (Å²) in [6, 6.07) is 4.06. The molecule has 7 nitrogen and oxygen atoms in total. The van der Waals surface area contributed by atoms with Crippen molar-refractivity contribution >= 4 is 43.1 Å². The fourth-order valence-electron chi connectivity index (χ4n) is 2.99. The van der Waals surface area contributed by atoms with E-state index in [0.29, 0.717) is 22.1 Å². The molecule has 0 bridgehead atoms. The average molecular weight is 415 g/mol. The molecule has 0 spiro atoms. The van der Waals surface area contributed by atoms with Gasteiger partial charge in [0.05, 0.1) is 18.1 Å². The van der Waals surface area contributed by atoms with Crippen molar-refractivity contribution in [3.05, 3.63) is 34.5 Å². The molecule has 3 rings (SSSR count). The zero-order chi connectivity index (χ0) is 19.6. The van der Waals surface area contributed by atoms with E-state index in [2.05, 4.69) is 5.32 Å². The molecule has 1 amide bonds. The average Bonchev–Trinajstić information content (AvgIpc) is 3.14. The van der Waals surface area contributed by atoms with Crippen molar-refractivity contribution < 1.29 is 31.9 Å². The van der Waals surface area contributed by atoms with Gasteiger partial charge in [-0.25, -0.2) is 17.6 Å². The maximum absolute atomic E-state index is 14.1. The molecule has 0 saturated carbocycles. The minimum absolute atomic E-state index is 0.0253. The third kappa shape index (κ3) is 4.45. The molecule has 2 heterocycles. The monoisotopic (exact) mass is 415 g/mol. The maximum atomic E-state index is 14.1. The van der Waals surface area contributed by atoms with Crippen LogP contribution < -0.4 is 5.32 Å². The Morgan fingerprint density at radius 1 is 1.37 bits per heavy atom. The highest BCUT2D eigenvalue weighted by Gasteiger charge is 2.29. The number of ether oxygens (including phenoxy) is 2. The summed E-state index contributed by atoms with van der Waals surface area (Å²) in [5.41, 5.74) is 0.378. The van der Waals surface area contributed by atoms with Crippen LogP contribution in [-0.4, -0.2) is 51.6 Å². The lowest BCUT2D eigenvalue weighted by molar-refractivity contribution is -0.124. The number of nitrogens with one attached hydrogen (secondary N) is 1. The number of methoxy groups -OCH3 is 1. The molecule has 1 N–H and O–H groups in total. The van der Waals surface area contributed by atoms with Crippen LogP contribution in [0.3, 0.4) is 0 Å². The summed E-state index contributed by atoms with van der Waals surface area (Å²) in [5, 5.41) is 2.84. The molecule has 10 heteroatoms. The Morgan fingerprint density at radius 3 is 2.81 bits per heavy atom. The van der Waals surface area contributed by atoms with Gasteiger partial charge in [0.2, 0.25) is 0 Å². The van der Waals surface area contributed by atoms with E-state index < -0.39 is 40.2 Å². The topological polar surface area (TPSA) is 98.8 Å². The Kier molecular flexibility index (Phi) is 5.78. The van der Waals surface area contributed by atoms with Gasteiger partial charge in [0.15, 0.2) is 16.4 Å². The molecular formula is C17H18FNO6S2. The van der Waals surface area contributed by atoms with Gasteiger partial charge in [0, 0.05) is 28.8 Å². The number of sulfone groups is 1.